The molecule has 2 aromatic carbocycles. The van der Waals surface area contributed by atoms with Crippen molar-refractivity contribution in [3.8, 4) is 0 Å². The van der Waals surface area contributed by atoms with Crippen LogP contribution in [0.1, 0.15) is 109 Å². The first-order valence-corrected chi connectivity index (χ1v) is 15.4. The van der Waals surface area contributed by atoms with Crippen LogP contribution < -0.4 is 10.6 Å². The van der Waals surface area contributed by atoms with Gasteiger partial charge in [0.1, 0.15) is 0 Å². The summed E-state index contributed by atoms with van der Waals surface area (Å²) in [5.41, 5.74) is 0. The maximum atomic E-state index is 2.43. The third-order valence-corrected chi connectivity index (χ3v) is 15.4. The summed E-state index contributed by atoms with van der Waals surface area (Å²) in [6.45, 7) is 28.8. The van der Waals surface area contributed by atoms with Crippen LogP contribution in [-0.4, -0.2) is 20.6 Å². The summed E-state index contributed by atoms with van der Waals surface area (Å²) >= 11 is 0. The molecule has 0 radical (unpaired) electrons. The van der Waals surface area contributed by atoms with Gasteiger partial charge in [-0.25, -0.2) is 12.1 Å². The summed E-state index contributed by atoms with van der Waals surface area (Å²) in [6.07, 6.45) is 5.03. The standard InChI is InChI=1S/2C15H26P.Fe/c2*1-7-14(3,4)16(15(5,6)8-2)13-11-9-10-12-13;/h2*9-12H,7-8H2,1-6H3;/q-5;-1;. The van der Waals surface area contributed by atoms with E-state index in [1.165, 1.54) is 25.7 Å². The molecule has 2 aromatic rings. The van der Waals surface area contributed by atoms with Crippen molar-refractivity contribution in [2.45, 2.75) is 129 Å². The third-order valence-electron chi connectivity index (χ3n) is 7.69. The zero-order valence-corrected chi connectivity index (χ0v) is 26.6. The Hall–Kier alpha value is 0.0795. The van der Waals surface area contributed by atoms with Gasteiger partial charge in [0.15, 0.2) is 0 Å². The van der Waals surface area contributed by atoms with Crippen molar-refractivity contribution in [1.82, 2.24) is 0 Å². The molecule has 0 nitrogen and oxygen atoms in total. The molecule has 196 valence electrons. The van der Waals surface area contributed by atoms with E-state index in [-0.39, 0.29) is 32.9 Å². The van der Waals surface area contributed by atoms with Gasteiger partial charge < -0.3 is 29.6 Å². The topological polar surface area (TPSA) is 0 Å². The molecular weight excluding hydrogens is 478 g/mol. The normalized spacial score (nSPS) is 13.0. The summed E-state index contributed by atoms with van der Waals surface area (Å²) in [4.78, 5) is 0. The van der Waals surface area contributed by atoms with Crippen molar-refractivity contribution in [2.24, 2.45) is 0 Å². The summed E-state index contributed by atoms with van der Waals surface area (Å²) in [5, 5.41) is 4.89. The Balaban J connectivity index is 0.000000602. The van der Waals surface area contributed by atoms with E-state index in [0.717, 1.165) is 0 Å². The van der Waals surface area contributed by atoms with Gasteiger partial charge in [-0.3, -0.25) is 7.92 Å². The fourth-order valence-electron chi connectivity index (χ4n) is 4.69. The van der Waals surface area contributed by atoms with Crippen molar-refractivity contribution in [3.05, 3.63) is 48.5 Å². The predicted molar refractivity (Wildman–Crippen MR) is 155 cm³/mol. The van der Waals surface area contributed by atoms with Crippen LogP contribution >= 0.6 is 15.8 Å². The molecule has 33 heavy (non-hydrogen) atoms. The van der Waals surface area contributed by atoms with Crippen LogP contribution in [0.25, 0.3) is 0 Å². The van der Waals surface area contributed by atoms with Gasteiger partial charge in [0.05, 0.1) is 0 Å². The Morgan fingerprint density at radius 1 is 0.576 bits per heavy atom. The number of hydrogen-bond acceptors (Lipinski definition) is 0. The first-order chi connectivity index (χ1) is 14.7. The molecule has 0 saturated heterocycles. The molecule has 0 aliphatic rings. The fraction of sp³-hybridized carbons (Fsp3) is 0.667. The Morgan fingerprint density at radius 2 is 0.879 bits per heavy atom. The second kappa shape index (κ2) is 13.4. The molecule has 0 spiro atoms. The molecule has 0 heterocycles. The van der Waals surface area contributed by atoms with E-state index in [1.807, 2.05) is 0 Å². The average molecular weight is 531 g/mol. The molecular formula is C30H52FeP2-6. The Bertz CT molecular complexity index is 653. The van der Waals surface area contributed by atoms with E-state index in [4.69, 9.17) is 0 Å². The van der Waals surface area contributed by atoms with Gasteiger partial charge in [0.25, 0.3) is 0 Å². The fourth-order valence-corrected chi connectivity index (χ4v) is 13.0. The van der Waals surface area contributed by atoms with Gasteiger partial charge in [-0.15, -0.1) is 13.2 Å². The van der Waals surface area contributed by atoms with E-state index in [0.29, 0.717) is 20.6 Å². The molecule has 0 aromatic heterocycles. The average Bonchev–Trinajstić information content (AvgIpc) is 3.42. The van der Waals surface area contributed by atoms with Gasteiger partial charge in [0, 0.05) is 17.1 Å². The van der Waals surface area contributed by atoms with Gasteiger partial charge in [-0.2, -0.15) is 12.1 Å². The van der Waals surface area contributed by atoms with Crippen molar-refractivity contribution in [3.63, 3.8) is 0 Å². The smallest absolute Gasteiger partial charge is 0 e. The van der Waals surface area contributed by atoms with Gasteiger partial charge in [0.2, 0.25) is 0 Å². The van der Waals surface area contributed by atoms with E-state index < -0.39 is 0 Å². The van der Waals surface area contributed by atoms with Crippen molar-refractivity contribution in [2.75, 3.05) is 0 Å². The zero-order valence-electron chi connectivity index (χ0n) is 23.7. The minimum Gasteiger partial charge on any atom is -0.747 e. The second-order valence-corrected chi connectivity index (χ2v) is 18.8. The Morgan fingerprint density at radius 3 is 1.18 bits per heavy atom. The predicted octanol–water partition coefficient (Wildman–Crippen LogP) is 9.78. The SMILES string of the molecule is CCC(C)(C)P([c-]1[cH-][cH-][cH-][cH-]1)C(C)(C)CC.CCC(C)(C)P([c-]1cccc1)C(C)(C)CC.[Fe]. The van der Waals surface area contributed by atoms with Crippen LogP contribution in [0.5, 0.6) is 0 Å². The van der Waals surface area contributed by atoms with Gasteiger partial charge in [-0.05, 0) is 46.3 Å². The van der Waals surface area contributed by atoms with Gasteiger partial charge in [-0.1, -0.05) is 83.1 Å². The molecule has 0 aliphatic heterocycles. The van der Waals surface area contributed by atoms with E-state index >= 15 is 0 Å². The maximum absolute atomic E-state index is 2.43. The molecule has 0 unspecified atom stereocenters. The minimum absolute atomic E-state index is 0. The molecule has 0 amide bonds. The molecule has 0 bridgehead atoms. The number of hydrogen-bond donors (Lipinski definition) is 0. The van der Waals surface area contributed by atoms with Crippen LogP contribution in [0.4, 0.5) is 0 Å². The zero-order chi connectivity index (χ0) is 24.8. The quantitative estimate of drug-likeness (QED) is 0.163. The van der Waals surface area contributed by atoms with Crippen molar-refractivity contribution < 1.29 is 17.1 Å². The van der Waals surface area contributed by atoms with Crippen molar-refractivity contribution in [1.29, 1.82) is 0 Å². The summed E-state index contributed by atoms with van der Waals surface area (Å²) in [5.74, 6) is 0. The van der Waals surface area contributed by atoms with Crippen molar-refractivity contribution >= 4 is 26.5 Å². The molecule has 2 rings (SSSR count). The minimum atomic E-state index is -0.105. The van der Waals surface area contributed by atoms with E-state index in [2.05, 4.69) is 132 Å². The van der Waals surface area contributed by atoms with E-state index in [9.17, 15) is 0 Å². The molecule has 0 atom stereocenters. The molecule has 0 fully saturated rings. The Labute approximate surface area is 220 Å². The Kier molecular flexibility index (Phi) is 13.4. The third kappa shape index (κ3) is 8.60. The summed E-state index contributed by atoms with van der Waals surface area (Å²) < 4.78 is 0. The van der Waals surface area contributed by atoms with Crippen LogP contribution in [0.2, 0.25) is 0 Å². The van der Waals surface area contributed by atoms with Crippen LogP contribution in [0.15, 0.2) is 48.5 Å². The van der Waals surface area contributed by atoms with Crippen LogP contribution in [0.3, 0.4) is 0 Å². The second-order valence-electron chi connectivity index (χ2n) is 11.6. The maximum Gasteiger partial charge on any atom is 0 e. The largest absolute Gasteiger partial charge is 0.747 e. The molecule has 0 saturated carbocycles. The summed E-state index contributed by atoms with van der Waals surface area (Å²) in [6, 6.07) is 18.0. The van der Waals surface area contributed by atoms with E-state index in [1.54, 1.807) is 10.6 Å². The van der Waals surface area contributed by atoms with Gasteiger partial charge >= 0.3 is 0 Å². The van der Waals surface area contributed by atoms with Crippen LogP contribution in [0, 0.1) is 0 Å². The molecule has 0 N–H and O–H groups in total. The first kappa shape index (κ1) is 33.1. The monoisotopic (exact) mass is 530 g/mol. The summed E-state index contributed by atoms with van der Waals surface area (Å²) in [7, 11) is -0.211. The number of rotatable bonds is 10. The molecule has 0 aliphatic carbocycles. The first-order valence-electron chi connectivity index (χ1n) is 12.7. The van der Waals surface area contributed by atoms with Crippen LogP contribution in [-0.2, 0) is 17.1 Å². The molecule has 3 heteroatoms.